The van der Waals surface area contributed by atoms with Gasteiger partial charge in [0.25, 0.3) is 0 Å². The third-order valence-electron chi connectivity index (χ3n) is 4.03. The minimum Gasteiger partial charge on any atom is -0.496 e. The SMILES string of the molecule is COc1ccc(OC(=O)CC2OCCc3ccccc32)c([N+](=O)[O-])c1. The number of fused-ring (bicyclic) bond motifs is 1. The summed E-state index contributed by atoms with van der Waals surface area (Å²) in [6, 6.07) is 11.8. The second-order valence-electron chi connectivity index (χ2n) is 5.58. The van der Waals surface area contributed by atoms with Crippen LogP contribution in [0.3, 0.4) is 0 Å². The van der Waals surface area contributed by atoms with E-state index in [4.69, 9.17) is 14.2 Å². The first-order chi connectivity index (χ1) is 12.1. The van der Waals surface area contributed by atoms with Gasteiger partial charge < -0.3 is 14.2 Å². The molecule has 25 heavy (non-hydrogen) atoms. The highest BCUT2D eigenvalue weighted by molar-refractivity contribution is 5.75. The zero-order valence-electron chi connectivity index (χ0n) is 13.6. The van der Waals surface area contributed by atoms with E-state index >= 15 is 0 Å². The second-order valence-corrected chi connectivity index (χ2v) is 5.58. The summed E-state index contributed by atoms with van der Waals surface area (Å²) >= 11 is 0. The van der Waals surface area contributed by atoms with E-state index in [9.17, 15) is 14.9 Å². The first kappa shape index (κ1) is 16.9. The number of benzene rings is 2. The molecule has 1 atom stereocenters. The molecule has 7 heteroatoms. The van der Waals surface area contributed by atoms with E-state index in [1.54, 1.807) is 0 Å². The lowest BCUT2D eigenvalue weighted by atomic mass is 9.96. The molecule has 0 aliphatic carbocycles. The van der Waals surface area contributed by atoms with Crippen molar-refractivity contribution in [2.45, 2.75) is 18.9 Å². The van der Waals surface area contributed by atoms with E-state index < -0.39 is 17.0 Å². The molecule has 1 unspecified atom stereocenters. The van der Waals surface area contributed by atoms with Crippen LogP contribution in [0.1, 0.15) is 23.7 Å². The molecule has 0 saturated carbocycles. The molecule has 130 valence electrons. The normalized spacial score (nSPS) is 16.0. The minimum absolute atomic E-state index is 0.0137. The fourth-order valence-electron chi connectivity index (χ4n) is 2.81. The standard InChI is InChI=1S/C18H17NO6/c1-23-13-6-7-16(15(10-13)19(21)22)25-18(20)11-17-14-5-3-2-4-12(14)8-9-24-17/h2-7,10,17H,8-9,11H2,1H3. The summed E-state index contributed by atoms with van der Waals surface area (Å²) in [5, 5.41) is 11.2. The van der Waals surface area contributed by atoms with Gasteiger partial charge in [0.15, 0.2) is 0 Å². The molecule has 2 aromatic carbocycles. The quantitative estimate of drug-likeness (QED) is 0.358. The Morgan fingerprint density at radius 2 is 2.12 bits per heavy atom. The highest BCUT2D eigenvalue weighted by Crippen LogP contribution is 2.33. The monoisotopic (exact) mass is 343 g/mol. The van der Waals surface area contributed by atoms with Gasteiger partial charge in [0.2, 0.25) is 5.75 Å². The summed E-state index contributed by atoms with van der Waals surface area (Å²) in [6.45, 7) is 0.525. The largest absolute Gasteiger partial charge is 0.496 e. The Morgan fingerprint density at radius 3 is 2.88 bits per heavy atom. The Morgan fingerprint density at radius 1 is 1.32 bits per heavy atom. The van der Waals surface area contributed by atoms with Crippen LogP contribution in [-0.2, 0) is 16.0 Å². The molecule has 0 fully saturated rings. The molecule has 0 radical (unpaired) electrons. The van der Waals surface area contributed by atoms with Crippen LogP contribution < -0.4 is 9.47 Å². The molecule has 0 spiro atoms. The fourth-order valence-corrected chi connectivity index (χ4v) is 2.81. The number of methoxy groups -OCH3 is 1. The lowest BCUT2D eigenvalue weighted by Crippen LogP contribution is -2.21. The van der Waals surface area contributed by atoms with E-state index in [0.29, 0.717) is 12.4 Å². The van der Waals surface area contributed by atoms with E-state index in [-0.39, 0.29) is 17.9 Å². The van der Waals surface area contributed by atoms with Gasteiger partial charge in [-0.05, 0) is 29.7 Å². The number of nitro groups is 1. The molecule has 0 aromatic heterocycles. The average Bonchev–Trinajstić information content (AvgIpc) is 2.62. The molecule has 0 N–H and O–H groups in total. The van der Waals surface area contributed by atoms with E-state index in [2.05, 4.69) is 0 Å². The first-order valence-corrected chi connectivity index (χ1v) is 7.81. The topological polar surface area (TPSA) is 87.9 Å². The maximum Gasteiger partial charge on any atom is 0.315 e. The maximum absolute atomic E-state index is 12.3. The number of carbonyl (C=O) groups excluding carboxylic acids is 1. The van der Waals surface area contributed by atoms with E-state index in [0.717, 1.165) is 17.5 Å². The predicted octanol–water partition coefficient (Wildman–Crippen LogP) is 3.21. The van der Waals surface area contributed by atoms with Crippen LogP contribution in [0, 0.1) is 10.1 Å². The molecule has 0 amide bonds. The van der Waals surface area contributed by atoms with Crippen LogP contribution in [0.4, 0.5) is 5.69 Å². The lowest BCUT2D eigenvalue weighted by molar-refractivity contribution is -0.385. The molecule has 2 aromatic rings. The number of nitro benzene ring substituents is 1. The molecule has 1 aliphatic heterocycles. The number of ether oxygens (including phenoxy) is 3. The van der Waals surface area contributed by atoms with E-state index in [1.165, 1.54) is 25.3 Å². The summed E-state index contributed by atoms with van der Waals surface area (Å²) < 4.78 is 15.8. The molecule has 7 nitrogen and oxygen atoms in total. The first-order valence-electron chi connectivity index (χ1n) is 7.81. The van der Waals surface area contributed by atoms with Crippen LogP contribution in [0.15, 0.2) is 42.5 Å². The van der Waals surface area contributed by atoms with Crippen molar-refractivity contribution < 1.29 is 23.9 Å². The van der Waals surface area contributed by atoms with Crippen molar-refractivity contribution >= 4 is 11.7 Å². The summed E-state index contributed by atoms with van der Waals surface area (Å²) in [5.74, 6) is -0.383. The van der Waals surface area contributed by atoms with Crippen molar-refractivity contribution in [2.75, 3.05) is 13.7 Å². The molecule has 0 saturated heterocycles. The Kier molecular flexibility index (Phi) is 4.95. The summed E-state index contributed by atoms with van der Waals surface area (Å²) in [5.41, 5.74) is 1.77. The van der Waals surface area contributed by atoms with Crippen LogP contribution in [0.2, 0.25) is 0 Å². The van der Waals surface area contributed by atoms with Gasteiger partial charge in [-0.1, -0.05) is 24.3 Å². The number of hydrogen-bond donors (Lipinski definition) is 0. The number of rotatable bonds is 5. The summed E-state index contributed by atoms with van der Waals surface area (Å²) in [6.07, 6.45) is 0.376. The number of esters is 1. The van der Waals surface area contributed by atoms with Gasteiger partial charge in [0.1, 0.15) is 5.75 Å². The second kappa shape index (κ2) is 7.31. The third-order valence-corrected chi connectivity index (χ3v) is 4.03. The van der Waals surface area contributed by atoms with Crippen molar-refractivity contribution in [2.24, 2.45) is 0 Å². The van der Waals surface area contributed by atoms with Crippen molar-refractivity contribution in [1.82, 2.24) is 0 Å². The summed E-state index contributed by atoms with van der Waals surface area (Å²) in [4.78, 5) is 22.8. The van der Waals surface area contributed by atoms with Gasteiger partial charge in [-0.25, -0.2) is 0 Å². The molecule has 1 heterocycles. The van der Waals surface area contributed by atoms with Crippen molar-refractivity contribution in [1.29, 1.82) is 0 Å². The van der Waals surface area contributed by atoms with Crippen molar-refractivity contribution in [3.63, 3.8) is 0 Å². The van der Waals surface area contributed by atoms with Gasteiger partial charge in [-0.15, -0.1) is 0 Å². The third kappa shape index (κ3) is 3.77. The van der Waals surface area contributed by atoms with Crippen molar-refractivity contribution in [3.05, 3.63) is 63.7 Å². The van der Waals surface area contributed by atoms with Gasteiger partial charge in [-0.2, -0.15) is 0 Å². The van der Waals surface area contributed by atoms with Crippen LogP contribution in [0.5, 0.6) is 11.5 Å². The zero-order valence-corrected chi connectivity index (χ0v) is 13.6. The van der Waals surface area contributed by atoms with Gasteiger partial charge in [-0.3, -0.25) is 14.9 Å². The number of carbonyl (C=O) groups is 1. The Balaban J connectivity index is 1.75. The zero-order chi connectivity index (χ0) is 17.8. The van der Waals surface area contributed by atoms with Gasteiger partial charge in [0.05, 0.1) is 37.2 Å². The number of nitrogens with zero attached hydrogens (tertiary/aromatic N) is 1. The molecule has 1 aliphatic rings. The van der Waals surface area contributed by atoms with Crippen molar-refractivity contribution in [3.8, 4) is 11.5 Å². The smallest absolute Gasteiger partial charge is 0.315 e. The van der Waals surface area contributed by atoms with Crippen LogP contribution in [-0.4, -0.2) is 24.6 Å². The van der Waals surface area contributed by atoms with Crippen LogP contribution >= 0.6 is 0 Å². The van der Waals surface area contributed by atoms with Crippen LogP contribution in [0.25, 0.3) is 0 Å². The Hall–Kier alpha value is -2.93. The minimum atomic E-state index is -0.614. The van der Waals surface area contributed by atoms with Gasteiger partial charge >= 0.3 is 11.7 Å². The molecular weight excluding hydrogens is 326 g/mol. The fraction of sp³-hybridized carbons (Fsp3) is 0.278. The van der Waals surface area contributed by atoms with Gasteiger partial charge in [0, 0.05) is 0 Å². The highest BCUT2D eigenvalue weighted by atomic mass is 16.6. The number of hydrogen-bond acceptors (Lipinski definition) is 6. The predicted molar refractivity (Wildman–Crippen MR) is 88.7 cm³/mol. The Labute approximate surface area is 144 Å². The lowest BCUT2D eigenvalue weighted by Gasteiger charge is -2.25. The average molecular weight is 343 g/mol. The van der Waals surface area contributed by atoms with E-state index in [1.807, 2.05) is 24.3 Å². The highest BCUT2D eigenvalue weighted by Gasteiger charge is 2.26. The molecular formula is C18H17NO6. The summed E-state index contributed by atoms with van der Waals surface area (Å²) in [7, 11) is 1.41. The Bertz CT molecular complexity index is 804. The maximum atomic E-state index is 12.3. The molecule has 3 rings (SSSR count). The molecule has 0 bridgehead atoms.